The molecule has 72 valence electrons. The van der Waals surface area contributed by atoms with Gasteiger partial charge in [0.1, 0.15) is 0 Å². The first-order valence-electron chi connectivity index (χ1n) is 4.89. The summed E-state index contributed by atoms with van der Waals surface area (Å²) < 4.78 is 0. The molecule has 14 heavy (non-hydrogen) atoms. The fourth-order valence-corrected chi connectivity index (χ4v) is 1.75. The van der Waals surface area contributed by atoms with Crippen LogP contribution in [0.3, 0.4) is 0 Å². The Hall–Kier alpha value is -1.34. The van der Waals surface area contributed by atoms with Gasteiger partial charge in [0.05, 0.1) is 0 Å². The lowest BCUT2D eigenvalue weighted by Gasteiger charge is -2.24. The van der Waals surface area contributed by atoms with Gasteiger partial charge in [-0.25, -0.2) is 0 Å². The number of nitrogens with zero attached hydrogens (tertiary/aromatic N) is 1. The molecule has 0 saturated carbocycles. The standard InChI is InChI=1S/C13H14N/c1-10(14-2)12-9-5-7-11-6-3-4-8-13(11)12/h3-10H,1-2H3/q-1/t10-/m1/s1. The van der Waals surface area contributed by atoms with Crippen LogP contribution in [0, 0.1) is 0 Å². The summed E-state index contributed by atoms with van der Waals surface area (Å²) in [5, 5.41) is 6.91. The average molecular weight is 184 g/mol. The predicted molar refractivity (Wildman–Crippen MR) is 61.6 cm³/mol. The van der Waals surface area contributed by atoms with Crippen LogP contribution in [0.4, 0.5) is 0 Å². The van der Waals surface area contributed by atoms with Gasteiger partial charge in [-0.15, -0.1) is 6.04 Å². The fraction of sp³-hybridized carbons (Fsp3) is 0.231. The molecular formula is C13H14N-. The number of benzene rings is 2. The van der Waals surface area contributed by atoms with Crippen molar-refractivity contribution in [1.29, 1.82) is 0 Å². The van der Waals surface area contributed by atoms with Gasteiger partial charge in [0.2, 0.25) is 0 Å². The van der Waals surface area contributed by atoms with Crippen molar-refractivity contribution < 1.29 is 0 Å². The Morgan fingerprint density at radius 2 is 1.71 bits per heavy atom. The van der Waals surface area contributed by atoms with Crippen LogP contribution in [0.15, 0.2) is 42.5 Å². The van der Waals surface area contributed by atoms with Crippen LogP contribution >= 0.6 is 0 Å². The van der Waals surface area contributed by atoms with Gasteiger partial charge in [0, 0.05) is 0 Å². The van der Waals surface area contributed by atoms with Crippen LogP contribution in [0.5, 0.6) is 0 Å². The molecule has 0 bridgehead atoms. The van der Waals surface area contributed by atoms with E-state index in [-0.39, 0.29) is 6.04 Å². The third kappa shape index (κ3) is 1.51. The Balaban J connectivity index is 2.65. The van der Waals surface area contributed by atoms with Gasteiger partial charge in [-0.1, -0.05) is 55.0 Å². The van der Waals surface area contributed by atoms with Gasteiger partial charge in [-0.3, -0.25) is 0 Å². The SMILES string of the molecule is C[N-][C@H](C)c1cccc2ccccc12. The van der Waals surface area contributed by atoms with Crippen molar-refractivity contribution in [3.8, 4) is 0 Å². The second-order valence-corrected chi connectivity index (χ2v) is 3.50. The fourth-order valence-electron chi connectivity index (χ4n) is 1.75. The second kappa shape index (κ2) is 3.81. The number of hydrogen-bond acceptors (Lipinski definition) is 0. The first-order chi connectivity index (χ1) is 6.83. The van der Waals surface area contributed by atoms with Gasteiger partial charge in [0.15, 0.2) is 0 Å². The molecule has 0 unspecified atom stereocenters. The zero-order chi connectivity index (χ0) is 9.97. The highest BCUT2D eigenvalue weighted by atomic mass is 14.8. The molecule has 2 aromatic carbocycles. The number of rotatable bonds is 2. The maximum Gasteiger partial charge on any atom is -0.0167 e. The molecular weight excluding hydrogens is 170 g/mol. The molecule has 0 radical (unpaired) electrons. The van der Waals surface area contributed by atoms with Crippen LogP contribution in [-0.2, 0) is 0 Å². The summed E-state index contributed by atoms with van der Waals surface area (Å²) in [6, 6.07) is 15.1. The van der Waals surface area contributed by atoms with Crippen molar-refractivity contribution in [2.45, 2.75) is 13.0 Å². The first-order valence-corrected chi connectivity index (χ1v) is 4.89. The zero-order valence-corrected chi connectivity index (χ0v) is 8.57. The molecule has 0 aliphatic heterocycles. The van der Waals surface area contributed by atoms with E-state index in [2.05, 4.69) is 54.7 Å². The smallest absolute Gasteiger partial charge is 0.0167 e. The van der Waals surface area contributed by atoms with Crippen LogP contribution in [0.25, 0.3) is 16.1 Å². The van der Waals surface area contributed by atoms with Crippen molar-refractivity contribution in [2.75, 3.05) is 7.05 Å². The largest absolute Gasteiger partial charge is 0.659 e. The van der Waals surface area contributed by atoms with Crippen LogP contribution in [0.1, 0.15) is 18.5 Å². The van der Waals surface area contributed by atoms with Crippen molar-refractivity contribution in [3.63, 3.8) is 0 Å². The number of hydrogen-bond donors (Lipinski definition) is 0. The maximum absolute atomic E-state index is 4.31. The Labute approximate surface area is 84.8 Å². The van der Waals surface area contributed by atoms with Crippen molar-refractivity contribution >= 4 is 10.8 Å². The summed E-state index contributed by atoms with van der Waals surface area (Å²) >= 11 is 0. The summed E-state index contributed by atoms with van der Waals surface area (Å²) in [6.45, 7) is 2.13. The third-order valence-electron chi connectivity index (χ3n) is 2.66. The van der Waals surface area contributed by atoms with Crippen LogP contribution in [-0.4, -0.2) is 7.05 Å². The van der Waals surface area contributed by atoms with E-state index in [0.29, 0.717) is 0 Å². The minimum absolute atomic E-state index is 0.279. The zero-order valence-electron chi connectivity index (χ0n) is 8.57. The average Bonchev–Trinajstić information content (AvgIpc) is 2.27. The molecule has 0 aromatic heterocycles. The topological polar surface area (TPSA) is 14.1 Å². The van der Waals surface area contributed by atoms with Gasteiger partial charge in [0.25, 0.3) is 0 Å². The quantitative estimate of drug-likeness (QED) is 0.672. The summed E-state index contributed by atoms with van der Waals surface area (Å²) in [5.74, 6) is 0. The molecule has 0 spiro atoms. The minimum Gasteiger partial charge on any atom is -0.659 e. The van der Waals surface area contributed by atoms with E-state index in [9.17, 15) is 0 Å². The molecule has 2 aromatic rings. The molecule has 0 aliphatic rings. The van der Waals surface area contributed by atoms with Crippen molar-refractivity contribution in [2.24, 2.45) is 0 Å². The normalized spacial score (nSPS) is 13.0. The Morgan fingerprint density at radius 3 is 2.50 bits per heavy atom. The lowest BCUT2D eigenvalue weighted by molar-refractivity contribution is 0.926. The molecule has 0 aliphatic carbocycles. The van der Waals surface area contributed by atoms with Gasteiger partial charge >= 0.3 is 0 Å². The van der Waals surface area contributed by atoms with Gasteiger partial charge in [-0.2, -0.15) is 7.05 Å². The van der Waals surface area contributed by atoms with E-state index >= 15 is 0 Å². The highest BCUT2D eigenvalue weighted by Gasteiger charge is 1.99. The Morgan fingerprint density at radius 1 is 1.00 bits per heavy atom. The molecule has 0 amide bonds. The van der Waals surface area contributed by atoms with Crippen LogP contribution in [0.2, 0.25) is 0 Å². The van der Waals surface area contributed by atoms with Gasteiger partial charge < -0.3 is 5.32 Å². The highest BCUT2D eigenvalue weighted by Crippen LogP contribution is 2.27. The lowest BCUT2D eigenvalue weighted by Crippen LogP contribution is -1.91. The van der Waals surface area contributed by atoms with Gasteiger partial charge in [-0.05, 0) is 10.8 Å². The minimum atomic E-state index is 0.279. The Bertz CT molecular complexity index is 429. The summed E-state index contributed by atoms with van der Waals surface area (Å²) in [7, 11) is 1.87. The van der Waals surface area contributed by atoms with E-state index < -0.39 is 0 Å². The van der Waals surface area contributed by atoms with E-state index in [4.69, 9.17) is 0 Å². The summed E-state index contributed by atoms with van der Waals surface area (Å²) in [6.07, 6.45) is 0. The lowest BCUT2D eigenvalue weighted by atomic mass is 10.00. The highest BCUT2D eigenvalue weighted by molar-refractivity contribution is 5.86. The van der Waals surface area contributed by atoms with E-state index in [0.717, 1.165) is 0 Å². The molecule has 0 fully saturated rings. The molecule has 0 N–H and O–H groups in total. The molecule has 1 atom stereocenters. The Kier molecular flexibility index (Phi) is 2.51. The predicted octanol–water partition coefficient (Wildman–Crippen LogP) is 3.90. The maximum atomic E-state index is 4.31. The summed E-state index contributed by atoms with van der Waals surface area (Å²) in [4.78, 5) is 0. The van der Waals surface area contributed by atoms with Crippen molar-refractivity contribution in [1.82, 2.24) is 0 Å². The molecule has 1 heteroatoms. The molecule has 2 rings (SSSR count). The third-order valence-corrected chi connectivity index (χ3v) is 2.66. The molecule has 0 saturated heterocycles. The molecule has 1 nitrogen and oxygen atoms in total. The van der Waals surface area contributed by atoms with E-state index in [1.165, 1.54) is 16.3 Å². The summed E-state index contributed by atoms with van der Waals surface area (Å²) in [5.41, 5.74) is 1.31. The van der Waals surface area contributed by atoms with E-state index in [1.807, 2.05) is 7.05 Å². The second-order valence-electron chi connectivity index (χ2n) is 3.50. The monoisotopic (exact) mass is 184 g/mol. The van der Waals surface area contributed by atoms with Crippen molar-refractivity contribution in [3.05, 3.63) is 53.3 Å². The first kappa shape index (κ1) is 9.22. The van der Waals surface area contributed by atoms with E-state index in [1.54, 1.807) is 0 Å². The van der Waals surface area contributed by atoms with Crippen LogP contribution < -0.4 is 0 Å². The number of fused-ring (bicyclic) bond motifs is 1. The molecule has 0 heterocycles.